The molecule has 0 bridgehead atoms. The Kier molecular flexibility index (Phi) is 6.11. The number of carbonyl (C=O) groups excluding carboxylic acids is 2. The molecular formula is C23H28N2O4. The Hall–Kier alpha value is -3.02. The molecule has 1 saturated carbocycles. The highest BCUT2D eigenvalue weighted by molar-refractivity contribution is 6.04. The second-order valence-corrected chi connectivity index (χ2v) is 7.98. The van der Waals surface area contributed by atoms with Crippen LogP contribution in [0.1, 0.15) is 42.6 Å². The standard InChI is InChI=1S/C23H28N2O4/c1-23(2,14-24-21(26)15-5-6-15)17-8-10-18(11-9-17)25-22(27)16-7-12-19(28-3)20(13-16)29-4/h7-13,15H,5-6,14H2,1-4H3,(H,24,26)(H,25,27). The van der Waals surface area contributed by atoms with Gasteiger partial charge in [0.15, 0.2) is 11.5 Å². The molecule has 0 heterocycles. The number of hydrogen-bond acceptors (Lipinski definition) is 4. The van der Waals surface area contributed by atoms with Gasteiger partial charge in [-0.15, -0.1) is 0 Å². The van der Waals surface area contributed by atoms with Gasteiger partial charge in [0.1, 0.15) is 0 Å². The van der Waals surface area contributed by atoms with E-state index < -0.39 is 0 Å². The molecule has 0 atom stereocenters. The number of benzene rings is 2. The fraction of sp³-hybridized carbons (Fsp3) is 0.391. The maximum atomic E-state index is 12.6. The van der Waals surface area contributed by atoms with Crippen LogP contribution in [0.3, 0.4) is 0 Å². The van der Waals surface area contributed by atoms with E-state index in [9.17, 15) is 9.59 Å². The number of hydrogen-bond donors (Lipinski definition) is 2. The second-order valence-electron chi connectivity index (χ2n) is 7.98. The molecule has 0 unspecified atom stereocenters. The van der Waals surface area contributed by atoms with Crippen LogP contribution in [-0.2, 0) is 10.2 Å². The third-order valence-electron chi connectivity index (χ3n) is 5.22. The molecule has 0 radical (unpaired) electrons. The van der Waals surface area contributed by atoms with Crippen molar-refractivity contribution >= 4 is 17.5 Å². The number of amides is 2. The van der Waals surface area contributed by atoms with Gasteiger partial charge in [-0.05, 0) is 48.7 Å². The first-order valence-corrected chi connectivity index (χ1v) is 9.75. The van der Waals surface area contributed by atoms with Gasteiger partial charge in [0.05, 0.1) is 14.2 Å². The summed E-state index contributed by atoms with van der Waals surface area (Å²) in [5, 5.41) is 5.94. The van der Waals surface area contributed by atoms with E-state index >= 15 is 0 Å². The summed E-state index contributed by atoms with van der Waals surface area (Å²) in [5.41, 5.74) is 2.08. The van der Waals surface area contributed by atoms with Crippen LogP contribution in [0.25, 0.3) is 0 Å². The number of ether oxygens (including phenoxy) is 2. The van der Waals surface area contributed by atoms with E-state index in [4.69, 9.17) is 9.47 Å². The summed E-state index contributed by atoms with van der Waals surface area (Å²) in [7, 11) is 3.09. The van der Waals surface area contributed by atoms with Crippen molar-refractivity contribution in [2.24, 2.45) is 5.92 Å². The quantitative estimate of drug-likeness (QED) is 0.712. The van der Waals surface area contributed by atoms with E-state index in [1.165, 1.54) is 7.11 Å². The lowest BCUT2D eigenvalue weighted by Gasteiger charge is -2.26. The Morgan fingerprint density at radius 3 is 2.24 bits per heavy atom. The number of carbonyl (C=O) groups is 2. The average Bonchev–Trinajstić information content (AvgIpc) is 3.57. The molecule has 0 aromatic heterocycles. The van der Waals surface area contributed by atoms with Crippen molar-refractivity contribution in [1.82, 2.24) is 5.32 Å². The van der Waals surface area contributed by atoms with Crippen LogP contribution < -0.4 is 20.1 Å². The van der Waals surface area contributed by atoms with Gasteiger partial charge in [-0.2, -0.15) is 0 Å². The predicted octanol–water partition coefficient (Wildman–Crippen LogP) is 3.76. The van der Waals surface area contributed by atoms with Gasteiger partial charge in [-0.3, -0.25) is 9.59 Å². The normalized spacial score (nSPS) is 13.5. The van der Waals surface area contributed by atoms with Crippen LogP contribution in [0.2, 0.25) is 0 Å². The zero-order valence-corrected chi connectivity index (χ0v) is 17.4. The molecule has 0 spiro atoms. The summed E-state index contributed by atoms with van der Waals surface area (Å²) in [6.07, 6.45) is 2.00. The Morgan fingerprint density at radius 1 is 1.00 bits per heavy atom. The highest BCUT2D eigenvalue weighted by Crippen LogP contribution is 2.30. The molecule has 29 heavy (non-hydrogen) atoms. The summed E-state index contributed by atoms with van der Waals surface area (Å²) in [4.78, 5) is 24.5. The monoisotopic (exact) mass is 396 g/mol. The van der Waals surface area contributed by atoms with E-state index in [1.807, 2.05) is 24.3 Å². The fourth-order valence-corrected chi connectivity index (χ4v) is 3.09. The highest BCUT2D eigenvalue weighted by Gasteiger charge is 2.31. The van der Waals surface area contributed by atoms with E-state index in [-0.39, 0.29) is 23.1 Å². The maximum absolute atomic E-state index is 12.6. The molecule has 6 heteroatoms. The molecule has 0 aliphatic heterocycles. The first-order chi connectivity index (χ1) is 13.8. The van der Waals surface area contributed by atoms with Gasteiger partial charge in [0.25, 0.3) is 5.91 Å². The molecule has 154 valence electrons. The number of rotatable bonds is 8. The molecule has 1 aliphatic rings. The van der Waals surface area contributed by atoms with Crippen LogP contribution in [0.4, 0.5) is 5.69 Å². The number of nitrogens with one attached hydrogen (secondary N) is 2. The van der Waals surface area contributed by atoms with Crippen molar-refractivity contribution < 1.29 is 19.1 Å². The molecule has 2 amide bonds. The van der Waals surface area contributed by atoms with E-state index in [0.29, 0.717) is 29.3 Å². The first-order valence-electron chi connectivity index (χ1n) is 9.75. The molecule has 6 nitrogen and oxygen atoms in total. The van der Waals surface area contributed by atoms with Crippen molar-refractivity contribution in [3.05, 3.63) is 53.6 Å². The van der Waals surface area contributed by atoms with Crippen LogP contribution in [0, 0.1) is 5.92 Å². The van der Waals surface area contributed by atoms with Crippen LogP contribution in [0.5, 0.6) is 11.5 Å². The van der Waals surface area contributed by atoms with Gasteiger partial charge in [0, 0.05) is 29.1 Å². The van der Waals surface area contributed by atoms with Crippen LogP contribution >= 0.6 is 0 Å². The zero-order valence-electron chi connectivity index (χ0n) is 17.4. The highest BCUT2D eigenvalue weighted by atomic mass is 16.5. The van der Waals surface area contributed by atoms with Crippen molar-refractivity contribution in [3.63, 3.8) is 0 Å². The summed E-state index contributed by atoms with van der Waals surface area (Å²) in [6.45, 7) is 4.77. The third-order valence-corrected chi connectivity index (χ3v) is 5.22. The molecule has 1 aliphatic carbocycles. The predicted molar refractivity (Wildman–Crippen MR) is 113 cm³/mol. The van der Waals surface area contributed by atoms with Gasteiger partial charge >= 0.3 is 0 Å². The fourth-order valence-electron chi connectivity index (χ4n) is 3.09. The number of anilines is 1. The third kappa shape index (κ3) is 5.08. The average molecular weight is 396 g/mol. The van der Waals surface area contributed by atoms with Gasteiger partial charge < -0.3 is 20.1 Å². The molecule has 2 aromatic rings. The molecule has 2 N–H and O–H groups in total. The smallest absolute Gasteiger partial charge is 0.255 e. The van der Waals surface area contributed by atoms with Crippen LogP contribution in [-0.4, -0.2) is 32.6 Å². The SMILES string of the molecule is COc1ccc(C(=O)Nc2ccc(C(C)(C)CNC(=O)C3CC3)cc2)cc1OC. The second kappa shape index (κ2) is 8.55. The Labute approximate surface area is 171 Å². The summed E-state index contributed by atoms with van der Waals surface area (Å²) < 4.78 is 10.5. The summed E-state index contributed by atoms with van der Waals surface area (Å²) in [5.74, 6) is 1.21. The molecular weight excluding hydrogens is 368 g/mol. The van der Waals surface area contributed by atoms with Gasteiger partial charge in [-0.25, -0.2) is 0 Å². The molecule has 1 fully saturated rings. The van der Waals surface area contributed by atoms with E-state index in [0.717, 1.165) is 18.4 Å². The minimum atomic E-state index is -0.227. The largest absolute Gasteiger partial charge is 0.493 e. The van der Waals surface area contributed by atoms with Crippen molar-refractivity contribution in [2.75, 3.05) is 26.1 Å². The minimum absolute atomic E-state index is 0.150. The molecule has 2 aromatic carbocycles. The summed E-state index contributed by atoms with van der Waals surface area (Å²) in [6, 6.07) is 12.7. The topological polar surface area (TPSA) is 76.7 Å². The minimum Gasteiger partial charge on any atom is -0.493 e. The lowest BCUT2D eigenvalue weighted by atomic mass is 9.84. The van der Waals surface area contributed by atoms with Crippen molar-refractivity contribution in [2.45, 2.75) is 32.1 Å². The van der Waals surface area contributed by atoms with Crippen molar-refractivity contribution in [1.29, 1.82) is 0 Å². The van der Waals surface area contributed by atoms with E-state index in [1.54, 1.807) is 25.3 Å². The lowest BCUT2D eigenvalue weighted by molar-refractivity contribution is -0.122. The molecule has 3 rings (SSSR count). The Balaban J connectivity index is 1.63. The van der Waals surface area contributed by atoms with Crippen molar-refractivity contribution in [3.8, 4) is 11.5 Å². The van der Waals surface area contributed by atoms with Crippen LogP contribution in [0.15, 0.2) is 42.5 Å². The summed E-state index contributed by atoms with van der Waals surface area (Å²) >= 11 is 0. The van der Waals surface area contributed by atoms with Gasteiger partial charge in [0.2, 0.25) is 5.91 Å². The lowest BCUT2D eigenvalue weighted by Crippen LogP contribution is -2.37. The first kappa shape index (κ1) is 20.7. The molecule has 0 saturated heterocycles. The zero-order chi connectivity index (χ0) is 21.0. The Morgan fingerprint density at radius 2 is 1.66 bits per heavy atom. The van der Waals surface area contributed by atoms with Gasteiger partial charge in [-0.1, -0.05) is 26.0 Å². The van der Waals surface area contributed by atoms with E-state index in [2.05, 4.69) is 24.5 Å². The number of methoxy groups -OCH3 is 2. The maximum Gasteiger partial charge on any atom is 0.255 e. The Bertz CT molecular complexity index is 886.